The number of benzene rings is 9. The van der Waals surface area contributed by atoms with E-state index in [9.17, 15) is 14.9 Å². The summed E-state index contributed by atoms with van der Waals surface area (Å²) in [5, 5.41) is 26.2. The standard InChI is InChI=1S/C55H42FN7.C13H11N2.Pb/c1-36-27-28-63(53-26-23-43(56)32-50(53)37(2)29-36)44-24-25-47(48-20-9-10-22-52(48)59)51(33-44)55(61-4,42-17-12-16-40(31-42)39-15-11-13-38(30-39)34-57)62-54(60-3)49-21-8-7-19-46(49)45-18-6-5-14-41(45)35-58;1-15-12-5-3-2-4-10(12)11-8-9(14)6-7-13(11)15;/h5-33,61H,2-3,59H2,1,4H3;3-8H,14H2,1H3;/b28-27-,36-29-,62-54-;;. The summed E-state index contributed by atoms with van der Waals surface area (Å²) >= 11 is 1.09. The zero-order valence-corrected chi connectivity index (χ0v) is 47.7. The molecule has 1 unspecified atom stereocenters. The van der Waals surface area contributed by atoms with Crippen molar-refractivity contribution in [2.24, 2.45) is 17.0 Å². The molecule has 9 aromatic carbocycles. The van der Waals surface area contributed by atoms with Gasteiger partial charge in [-0.25, -0.2) is 14.4 Å². The number of rotatable bonds is 9. The number of amidine groups is 1. The number of nitriles is 2. The van der Waals surface area contributed by atoms with Gasteiger partial charge in [-0.15, -0.1) is 0 Å². The van der Waals surface area contributed by atoms with Crippen LogP contribution in [0, 0.1) is 28.5 Å². The number of hydrogen-bond acceptors (Lipinski definition) is 7. The average Bonchev–Trinajstić information content (AvgIpc) is 3.96. The van der Waals surface area contributed by atoms with Crippen LogP contribution in [-0.4, -0.2) is 49.9 Å². The van der Waals surface area contributed by atoms with Crippen molar-refractivity contribution in [2.75, 3.05) is 23.4 Å². The molecule has 0 amide bonds. The summed E-state index contributed by atoms with van der Waals surface area (Å²) < 4.78 is 18.6. The molecule has 9 nitrogen and oxygen atoms in total. The SMILES string of the molecule is C=N/C(=N\C(NC)(c1cccc(-c2cccc(C#N)c2)c1)c1cc(N2/C=C\C(C)=C/C(=C)c3cc(F)ccc32)ccc1-c1ccccc1N)c1ccccc1-c1ccccc1C#N.Cn1c2ccc(N)cc2c2c[c]([Pb])ccc21. The molecule has 0 bridgehead atoms. The molecule has 79 heavy (non-hydrogen) atoms. The van der Waals surface area contributed by atoms with Crippen LogP contribution in [0.25, 0.3) is 60.8 Å². The number of allylic oxidation sites excluding steroid dienone is 4. The van der Waals surface area contributed by atoms with Gasteiger partial charge in [0.1, 0.15) is 5.82 Å². The molecule has 1 atom stereocenters. The molecule has 10 aromatic rings. The van der Waals surface area contributed by atoms with Gasteiger partial charge in [-0.1, -0.05) is 110 Å². The van der Waals surface area contributed by atoms with E-state index in [1.54, 1.807) is 18.2 Å². The summed E-state index contributed by atoms with van der Waals surface area (Å²) in [6.45, 7) is 10.4. The van der Waals surface area contributed by atoms with Gasteiger partial charge in [-0.05, 0) is 126 Å². The van der Waals surface area contributed by atoms with Gasteiger partial charge in [0.05, 0.1) is 29.0 Å². The normalized spacial score (nSPS) is 14.1. The Morgan fingerprint density at radius 1 is 0.684 bits per heavy atom. The monoisotopic (exact) mass is 1220 g/mol. The molecule has 0 fully saturated rings. The minimum atomic E-state index is -1.42. The van der Waals surface area contributed by atoms with E-state index in [1.165, 1.54) is 37.1 Å². The van der Waals surface area contributed by atoms with Crippen molar-refractivity contribution >= 4 is 91.6 Å². The molecule has 2 heterocycles. The Balaban J connectivity index is 0.000000373. The van der Waals surface area contributed by atoms with E-state index in [2.05, 4.69) is 89.8 Å². The number of halogens is 1. The number of nitrogens with one attached hydrogen (secondary N) is 1. The number of nitrogen functional groups attached to an aromatic ring is 2. The second-order valence-corrected chi connectivity index (χ2v) is 21.4. The Labute approximate surface area is 475 Å². The van der Waals surface area contributed by atoms with Crippen molar-refractivity contribution in [3.63, 3.8) is 0 Å². The fraction of sp³-hybridized carbons (Fsp3) is 0.0588. The van der Waals surface area contributed by atoms with E-state index in [1.807, 2.05) is 159 Å². The molecule has 11 rings (SSSR count). The van der Waals surface area contributed by atoms with E-state index in [-0.39, 0.29) is 5.82 Å². The Hall–Kier alpha value is -9.47. The van der Waals surface area contributed by atoms with E-state index in [0.717, 1.165) is 87.3 Å². The molecule has 381 valence electrons. The summed E-state index contributed by atoms with van der Waals surface area (Å²) in [6.07, 6.45) is 5.91. The first-order valence-corrected chi connectivity index (χ1v) is 27.4. The van der Waals surface area contributed by atoms with E-state index < -0.39 is 5.66 Å². The Bertz CT molecular complexity index is 4190. The number of anilines is 4. The first-order chi connectivity index (χ1) is 38.3. The number of hydrogen-bond donors (Lipinski definition) is 3. The van der Waals surface area contributed by atoms with Gasteiger partial charge in [-0.2, -0.15) is 10.5 Å². The third kappa shape index (κ3) is 10.4. The van der Waals surface area contributed by atoms with Crippen molar-refractivity contribution in [1.29, 1.82) is 10.5 Å². The van der Waals surface area contributed by atoms with Gasteiger partial charge in [0, 0.05) is 45.4 Å². The van der Waals surface area contributed by atoms with Crippen molar-refractivity contribution in [2.45, 2.75) is 12.6 Å². The van der Waals surface area contributed by atoms with Gasteiger partial charge in [0.15, 0.2) is 11.5 Å². The summed E-state index contributed by atoms with van der Waals surface area (Å²) in [4.78, 5) is 12.3. The van der Waals surface area contributed by atoms with Crippen LogP contribution in [0.3, 0.4) is 0 Å². The van der Waals surface area contributed by atoms with Gasteiger partial charge in [-0.3, -0.25) is 5.32 Å². The number of nitrogens with two attached hydrogens (primary N) is 2. The predicted octanol–water partition coefficient (Wildman–Crippen LogP) is 14.1. The molecule has 0 aliphatic carbocycles. The second kappa shape index (κ2) is 22.6. The van der Waals surface area contributed by atoms with Crippen LogP contribution in [-0.2, 0) is 12.7 Å². The molecular weight excluding hydrogens is 1170 g/mol. The van der Waals surface area contributed by atoms with Crippen LogP contribution in [0.2, 0.25) is 0 Å². The van der Waals surface area contributed by atoms with Crippen LogP contribution in [0.15, 0.2) is 235 Å². The molecule has 3 radical (unpaired) electrons. The molecule has 1 aliphatic rings. The maximum absolute atomic E-state index is 15.0. The number of para-hydroxylation sites is 1. The number of aryl methyl sites for hydroxylation is 1. The molecule has 0 saturated carbocycles. The van der Waals surface area contributed by atoms with Crippen molar-refractivity contribution in [1.82, 2.24) is 9.88 Å². The van der Waals surface area contributed by atoms with Gasteiger partial charge >= 0.3 is 110 Å². The van der Waals surface area contributed by atoms with E-state index in [4.69, 9.17) is 16.5 Å². The molecule has 5 N–H and O–H groups in total. The Morgan fingerprint density at radius 3 is 2.13 bits per heavy atom. The number of fused-ring (bicyclic) bond motifs is 4. The number of nitrogens with zero attached hydrogens (tertiary/aromatic N) is 6. The number of aromatic nitrogens is 1. The zero-order chi connectivity index (χ0) is 55.4. The van der Waals surface area contributed by atoms with Crippen LogP contribution in [0.5, 0.6) is 0 Å². The van der Waals surface area contributed by atoms with E-state index in [0.29, 0.717) is 44.9 Å². The van der Waals surface area contributed by atoms with E-state index >= 15 is 0 Å². The number of aliphatic imine (C=N–C) groups is 2. The predicted molar refractivity (Wildman–Crippen MR) is 326 cm³/mol. The molecule has 0 spiro atoms. The quantitative estimate of drug-likeness (QED) is 0.0568. The summed E-state index contributed by atoms with van der Waals surface area (Å²) in [7, 11) is 3.95. The third-order valence-corrected chi connectivity index (χ3v) is 15.5. The van der Waals surface area contributed by atoms with Crippen molar-refractivity contribution < 1.29 is 4.39 Å². The minimum absolute atomic E-state index is 0.311. The second-order valence-electron chi connectivity index (χ2n) is 19.2. The first-order valence-electron chi connectivity index (χ1n) is 25.4. The molecule has 1 aliphatic heterocycles. The van der Waals surface area contributed by atoms with Crippen LogP contribution in [0.1, 0.15) is 40.3 Å². The van der Waals surface area contributed by atoms with Crippen LogP contribution in [0.4, 0.5) is 27.1 Å². The Kier molecular flexibility index (Phi) is 15.2. The third-order valence-electron chi connectivity index (χ3n) is 14.3. The van der Waals surface area contributed by atoms with Gasteiger partial charge < -0.3 is 10.6 Å². The summed E-state index contributed by atoms with van der Waals surface area (Å²) in [6, 6.07) is 66.6. The van der Waals surface area contributed by atoms with Gasteiger partial charge in [0.2, 0.25) is 0 Å². The van der Waals surface area contributed by atoms with Crippen molar-refractivity contribution in [3.05, 3.63) is 264 Å². The summed E-state index contributed by atoms with van der Waals surface area (Å²) in [5.74, 6) is -0.0575. The Morgan fingerprint density at radius 2 is 1.38 bits per heavy atom. The van der Waals surface area contributed by atoms with Crippen LogP contribution >= 0.6 is 0 Å². The maximum atomic E-state index is 15.0. The fourth-order valence-electron chi connectivity index (χ4n) is 10.4. The topological polar surface area (TPSA) is 145 Å². The molecule has 0 saturated heterocycles. The molecule has 1 aromatic heterocycles. The average molecular weight is 1220 g/mol. The summed E-state index contributed by atoms with van der Waals surface area (Å²) in [5.41, 5.74) is 26.8. The molecular formula is C68H53FN9Pb. The first kappa shape index (κ1) is 53.0. The fourth-order valence-corrected chi connectivity index (χ4v) is 11.3. The van der Waals surface area contributed by atoms with Crippen molar-refractivity contribution in [3.8, 4) is 45.5 Å². The zero-order valence-electron chi connectivity index (χ0n) is 43.8. The van der Waals surface area contributed by atoms with Crippen LogP contribution < -0.4 is 24.8 Å². The van der Waals surface area contributed by atoms with Gasteiger partial charge in [0.25, 0.3) is 0 Å². The molecule has 11 heteroatoms.